The number of nitrogens with zero attached hydrogens (tertiary/aromatic N) is 1. The number of carbonyl (C=O) groups is 1. The van der Waals surface area contributed by atoms with Crippen LogP contribution < -0.4 is 5.32 Å². The van der Waals surface area contributed by atoms with Gasteiger partial charge in [0.25, 0.3) is 0 Å². The monoisotopic (exact) mass is 274 g/mol. The molecule has 0 spiro atoms. The number of piperidine rings is 1. The fourth-order valence-corrected chi connectivity index (χ4v) is 2.87. The van der Waals surface area contributed by atoms with E-state index in [4.69, 9.17) is 0 Å². The largest absolute Gasteiger partial charge is 0.374 e. The number of hydrogen-bond donors (Lipinski definition) is 1. The molecule has 1 unspecified atom stereocenters. The fraction of sp³-hybridized carbons (Fsp3) is 0.588. The molecular formula is C17H26N2O. The van der Waals surface area contributed by atoms with Gasteiger partial charge in [-0.25, -0.2) is 0 Å². The van der Waals surface area contributed by atoms with Crippen LogP contribution in [-0.2, 0) is 4.79 Å². The Morgan fingerprint density at radius 3 is 2.30 bits per heavy atom. The van der Waals surface area contributed by atoms with Gasteiger partial charge < -0.3 is 10.2 Å². The maximum absolute atomic E-state index is 12.4. The molecule has 1 heterocycles. The number of benzene rings is 1. The van der Waals surface area contributed by atoms with Crippen LogP contribution in [0.4, 0.5) is 5.69 Å². The van der Waals surface area contributed by atoms with E-state index >= 15 is 0 Å². The van der Waals surface area contributed by atoms with Gasteiger partial charge >= 0.3 is 0 Å². The lowest BCUT2D eigenvalue weighted by atomic mass is 9.99. The van der Waals surface area contributed by atoms with Gasteiger partial charge in [-0.05, 0) is 62.8 Å². The van der Waals surface area contributed by atoms with E-state index in [-0.39, 0.29) is 11.9 Å². The first-order valence-corrected chi connectivity index (χ1v) is 7.59. The van der Waals surface area contributed by atoms with E-state index in [2.05, 4.69) is 44.3 Å². The van der Waals surface area contributed by atoms with E-state index in [1.165, 1.54) is 11.1 Å². The molecule has 1 atom stereocenters. The SMILES string of the molecule is Cc1cc(C)cc(NC(C)C(=O)N2CCC(C)CC2)c1. The minimum absolute atomic E-state index is 0.162. The smallest absolute Gasteiger partial charge is 0.244 e. The van der Waals surface area contributed by atoms with Crippen LogP contribution in [0, 0.1) is 19.8 Å². The minimum Gasteiger partial charge on any atom is -0.374 e. The van der Waals surface area contributed by atoms with Crippen molar-refractivity contribution in [1.29, 1.82) is 0 Å². The summed E-state index contributed by atoms with van der Waals surface area (Å²) in [5.41, 5.74) is 3.48. The molecule has 1 aromatic rings. The third-order valence-electron chi connectivity index (χ3n) is 4.07. The second-order valence-electron chi connectivity index (χ2n) is 6.25. The Kier molecular flexibility index (Phi) is 4.69. The molecule has 1 saturated heterocycles. The van der Waals surface area contributed by atoms with E-state index in [1.807, 2.05) is 11.8 Å². The van der Waals surface area contributed by atoms with Crippen LogP contribution in [0.3, 0.4) is 0 Å². The summed E-state index contributed by atoms with van der Waals surface area (Å²) in [6.45, 7) is 10.2. The number of rotatable bonds is 3. The van der Waals surface area contributed by atoms with Gasteiger partial charge in [-0.15, -0.1) is 0 Å². The topological polar surface area (TPSA) is 32.3 Å². The van der Waals surface area contributed by atoms with Crippen LogP contribution in [0.25, 0.3) is 0 Å². The first kappa shape index (κ1) is 14.9. The molecule has 0 bridgehead atoms. The molecule has 110 valence electrons. The van der Waals surface area contributed by atoms with Gasteiger partial charge in [0.05, 0.1) is 0 Å². The first-order chi connectivity index (χ1) is 9.45. The lowest BCUT2D eigenvalue weighted by Gasteiger charge is -2.32. The number of likely N-dealkylation sites (tertiary alicyclic amines) is 1. The second kappa shape index (κ2) is 6.29. The fourth-order valence-electron chi connectivity index (χ4n) is 2.87. The van der Waals surface area contributed by atoms with Crippen LogP contribution in [0.2, 0.25) is 0 Å². The second-order valence-corrected chi connectivity index (χ2v) is 6.25. The van der Waals surface area contributed by atoms with Crippen molar-refractivity contribution < 1.29 is 4.79 Å². The van der Waals surface area contributed by atoms with E-state index in [0.717, 1.165) is 37.5 Å². The molecule has 0 radical (unpaired) electrons. The zero-order chi connectivity index (χ0) is 14.7. The highest BCUT2D eigenvalue weighted by atomic mass is 16.2. The standard InChI is InChI=1S/C17H26N2O/c1-12-5-7-19(8-6-12)17(20)15(4)18-16-10-13(2)9-14(3)11-16/h9-12,15,18H,5-8H2,1-4H3. The molecule has 0 aliphatic carbocycles. The summed E-state index contributed by atoms with van der Waals surface area (Å²) in [5, 5.41) is 3.34. The number of anilines is 1. The Bertz CT molecular complexity index is 456. The Balaban J connectivity index is 1.97. The molecule has 0 saturated carbocycles. The highest BCUT2D eigenvalue weighted by molar-refractivity contribution is 5.84. The zero-order valence-electron chi connectivity index (χ0n) is 13.1. The maximum Gasteiger partial charge on any atom is 0.244 e. The van der Waals surface area contributed by atoms with Gasteiger partial charge in [-0.3, -0.25) is 4.79 Å². The zero-order valence-corrected chi connectivity index (χ0v) is 13.1. The third kappa shape index (κ3) is 3.75. The van der Waals surface area contributed by atoms with Crippen molar-refractivity contribution in [2.75, 3.05) is 18.4 Å². The Labute approximate surface area is 122 Å². The van der Waals surface area contributed by atoms with Crippen molar-refractivity contribution >= 4 is 11.6 Å². The first-order valence-electron chi connectivity index (χ1n) is 7.59. The van der Waals surface area contributed by atoms with Crippen molar-refractivity contribution in [3.8, 4) is 0 Å². The molecule has 3 nitrogen and oxygen atoms in total. The van der Waals surface area contributed by atoms with Crippen molar-refractivity contribution in [3.05, 3.63) is 29.3 Å². The Morgan fingerprint density at radius 2 is 1.75 bits per heavy atom. The van der Waals surface area contributed by atoms with Crippen LogP contribution >= 0.6 is 0 Å². The van der Waals surface area contributed by atoms with Crippen molar-refractivity contribution in [1.82, 2.24) is 4.90 Å². The van der Waals surface area contributed by atoms with Gasteiger partial charge in [-0.2, -0.15) is 0 Å². The summed E-state index contributed by atoms with van der Waals surface area (Å²) >= 11 is 0. The van der Waals surface area contributed by atoms with Crippen LogP contribution in [0.1, 0.15) is 37.8 Å². The van der Waals surface area contributed by atoms with Gasteiger partial charge in [0.1, 0.15) is 6.04 Å². The van der Waals surface area contributed by atoms with Crippen LogP contribution in [0.5, 0.6) is 0 Å². The molecule has 1 aliphatic heterocycles. The number of hydrogen-bond acceptors (Lipinski definition) is 2. The molecule has 3 heteroatoms. The highest BCUT2D eigenvalue weighted by Crippen LogP contribution is 2.19. The average Bonchev–Trinajstić information content (AvgIpc) is 2.37. The predicted octanol–water partition coefficient (Wildman–Crippen LogP) is 3.36. The van der Waals surface area contributed by atoms with E-state index in [9.17, 15) is 4.79 Å². The maximum atomic E-state index is 12.4. The van der Waals surface area contributed by atoms with Crippen LogP contribution in [-0.4, -0.2) is 29.9 Å². The summed E-state index contributed by atoms with van der Waals surface area (Å²) in [4.78, 5) is 14.4. The van der Waals surface area contributed by atoms with Gasteiger partial charge in [0.2, 0.25) is 5.91 Å². The summed E-state index contributed by atoms with van der Waals surface area (Å²) in [7, 11) is 0. The van der Waals surface area contributed by atoms with Gasteiger partial charge in [-0.1, -0.05) is 13.0 Å². The lowest BCUT2D eigenvalue weighted by Crippen LogP contribution is -2.45. The number of carbonyl (C=O) groups excluding carboxylic acids is 1. The van der Waals surface area contributed by atoms with E-state index in [0.29, 0.717) is 0 Å². The molecule has 1 amide bonds. The molecular weight excluding hydrogens is 248 g/mol. The molecule has 1 fully saturated rings. The number of amides is 1. The normalized spacial score (nSPS) is 17.9. The average molecular weight is 274 g/mol. The number of nitrogens with one attached hydrogen (secondary N) is 1. The summed E-state index contributed by atoms with van der Waals surface area (Å²) in [6, 6.07) is 6.16. The summed E-state index contributed by atoms with van der Waals surface area (Å²) < 4.78 is 0. The minimum atomic E-state index is -0.162. The van der Waals surface area contributed by atoms with Crippen molar-refractivity contribution in [2.24, 2.45) is 5.92 Å². The van der Waals surface area contributed by atoms with E-state index in [1.54, 1.807) is 0 Å². The molecule has 1 aromatic carbocycles. The van der Waals surface area contributed by atoms with E-state index < -0.39 is 0 Å². The lowest BCUT2D eigenvalue weighted by molar-refractivity contribution is -0.132. The number of aryl methyl sites for hydroxylation is 2. The quantitative estimate of drug-likeness (QED) is 0.916. The van der Waals surface area contributed by atoms with Gasteiger partial charge in [0, 0.05) is 18.8 Å². The van der Waals surface area contributed by atoms with Crippen molar-refractivity contribution in [2.45, 2.75) is 46.6 Å². The molecule has 1 N–H and O–H groups in total. The summed E-state index contributed by atoms with van der Waals surface area (Å²) in [5.74, 6) is 0.970. The third-order valence-corrected chi connectivity index (χ3v) is 4.07. The summed E-state index contributed by atoms with van der Waals surface area (Å²) in [6.07, 6.45) is 2.25. The van der Waals surface area contributed by atoms with Gasteiger partial charge in [0.15, 0.2) is 0 Å². The molecule has 2 rings (SSSR count). The van der Waals surface area contributed by atoms with Crippen LogP contribution in [0.15, 0.2) is 18.2 Å². The molecule has 0 aromatic heterocycles. The van der Waals surface area contributed by atoms with Crippen molar-refractivity contribution in [3.63, 3.8) is 0 Å². The molecule has 1 aliphatic rings. The Hall–Kier alpha value is -1.51. The Morgan fingerprint density at radius 1 is 1.20 bits per heavy atom. The molecule has 20 heavy (non-hydrogen) atoms. The highest BCUT2D eigenvalue weighted by Gasteiger charge is 2.24. The predicted molar refractivity (Wildman–Crippen MR) is 84.0 cm³/mol.